The van der Waals surface area contributed by atoms with Gasteiger partial charge < -0.3 is 10.4 Å². The summed E-state index contributed by atoms with van der Waals surface area (Å²) in [5.41, 5.74) is 1.27. The lowest BCUT2D eigenvalue weighted by molar-refractivity contribution is 0.276. The van der Waals surface area contributed by atoms with Crippen LogP contribution in [-0.4, -0.2) is 16.7 Å². The molecule has 0 spiro atoms. The van der Waals surface area contributed by atoms with Crippen molar-refractivity contribution in [3.8, 4) is 6.07 Å². The molecule has 0 amide bonds. The number of hydrogen-bond donors (Lipinski definition) is 2. The molecule has 0 aliphatic heterocycles. The maximum Gasteiger partial charge on any atom is 0.146 e. The molecule has 0 saturated carbocycles. The van der Waals surface area contributed by atoms with Gasteiger partial charge in [0.05, 0.1) is 18.2 Å². The van der Waals surface area contributed by atoms with Crippen molar-refractivity contribution in [3.63, 3.8) is 0 Å². The molecule has 1 aromatic carbocycles. The van der Waals surface area contributed by atoms with E-state index >= 15 is 0 Å². The summed E-state index contributed by atoms with van der Waals surface area (Å²) in [4.78, 5) is 4.09. The molecule has 2 N–H and O–H groups in total. The number of aromatic nitrogens is 1. The number of nitriles is 1. The van der Waals surface area contributed by atoms with E-state index in [2.05, 4.69) is 10.3 Å². The van der Waals surface area contributed by atoms with Crippen LogP contribution < -0.4 is 5.32 Å². The highest BCUT2D eigenvalue weighted by Crippen LogP contribution is 2.26. The number of aliphatic hydroxyl groups is 1. The number of hydrogen-bond acceptors (Lipinski definition) is 4. The van der Waals surface area contributed by atoms with Crippen LogP contribution >= 0.6 is 11.6 Å². The Morgan fingerprint density at radius 2 is 2.05 bits per heavy atom. The van der Waals surface area contributed by atoms with Crippen molar-refractivity contribution < 1.29 is 5.11 Å². The Hall–Kier alpha value is -2.09. The molecule has 1 unspecified atom stereocenters. The average molecular weight is 274 g/mol. The second kappa shape index (κ2) is 6.19. The van der Waals surface area contributed by atoms with Crippen LogP contribution in [0.5, 0.6) is 0 Å². The monoisotopic (exact) mass is 273 g/mol. The minimum atomic E-state index is -0.319. The van der Waals surface area contributed by atoms with Crippen LogP contribution in [0.2, 0.25) is 5.02 Å². The molecule has 1 heterocycles. The first kappa shape index (κ1) is 13.3. The van der Waals surface area contributed by atoms with E-state index in [1.54, 1.807) is 6.07 Å². The molecule has 5 heteroatoms. The third-order valence-corrected chi connectivity index (χ3v) is 3.09. The Kier molecular flexibility index (Phi) is 4.35. The van der Waals surface area contributed by atoms with E-state index in [0.717, 1.165) is 5.56 Å². The minimum absolute atomic E-state index is 0.0984. The maximum absolute atomic E-state index is 9.46. The van der Waals surface area contributed by atoms with Crippen LogP contribution in [-0.2, 0) is 0 Å². The summed E-state index contributed by atoms with van der Waals surface area (Å²) in [5.74, 6) is 0.392. The molecule has 96 valence electrons. The summed E-state index contributed by atoms with van der Waals surface area (Å²) in [6, 6.07) is 12.7. The van der Waals surface area contributed by atoms with E-state index < -0.39 is 0 Å². The van der Waals surface area contributed by atoms with Gasteiger partial charge in [0.2, 0.25) is 0 Å². The Morgan fingerprint density at radius 3 is 2.68 bits per heavy atom. The van der Waals surface area contributed by atoms with Crippen molar-refractivity contribution in [2.75, 3.05) is 11.9 Å². The standard InChI is InChI=1S/C14H12ClN3O/c15-13-11(8-16)6-7-17-14(13)18-12(9-19)10-4-2-1-3-5-10/h1-7,12,19H,9H2,(H,17,18). The number of rotatable bonds is 4. The Balaban J connectivity index is 2.27. The zero-order chi connectivity index (χ0) is 13.7. The molecule has 1 atom stereocenters. The maximum atomic E-state index is 9.46. The number of aliphatic hydroxyl groups excluding tert-OH is 1. The van der Waals surface area contributed by atoms with E-state index in [4.69, 9.17) is 16.9 Å². The van der Waals surface area contributed by atoms with Crippen LogP contribution in [0.25, 0.3) is 0 Å². The predicted octanol–water partition coefficient (Wildman–Crippen LogP) is 2.75. The van der Waals surface area contributed by atoms with Gasteiger partial charge in [-0.3, -0.25) is 0 Å². The van der Waals surface area contributed by atoms with Crippen LogP contribution in [0.4, 0.5) is 5.82 Å². The van der Waals surface area contributed by atoms with Gasteiger partial charge in [0, 0.05) is 6.20 Å². The summed E-state index contributed by atoms with van der Waals surface area (Å²) in [5, 5.41) is 21.7. The molecule has 0 fully saturated rings. The Labute approximate surface area is 116 Å². The molecule has 0 radical (unpaired) electrons. The SMILES string of the molecule is N#Cc1ccnc(NC(CO)c2ccccc2)c1Cl. The topological polar surface area (TPSA) is 68.9 Å². The summed E-state index contributed by atoms with van der Waals surface area (Å²) < 4.78 is 0. The molecule has 0 saturated heterocycles. The van der Waals surface area contributed by atoms with Crippen LogP contribution in [0, 0.1) is 11.3 Å². The van der Waals surface area contributed by atoms with Crippen LogP contribution in [0.1, 0.15) is 17.2 Å². The number of benzene rings is 1. The molecular weight excluding hydrogens is 262 g/mol. The van der Waals surface area contributed by atoms with Crippen LogP contribution in [0.3, 0.4) is 0 Å². The van der Waals surface area contributed by atoms with Crippen molar-refractivity contribution in [1.29, 1.82) is 5.26 Å². The second-order valence-corrected chi connectivity index (χ2v) is 4.30. The van der Waals surface area contributed by atoms with Gasteiger partial charge in [0.25, 0.3) is 0 Å². The van der Waals surface area contributed by atoms with Crippen molar-refractivity contribution >= 4 is 17.4 Å². The number of nitrogens with one attached hydrogen (secondary N) is 1. The third kappa shape index (κ3) is 3.02. The molecule has 4 nitrogen and oxygen atoms in total. The van der Waals surface area contributed by atoms with E-state index in [0.29, 0.717) is 11.4 Å². The number of anilines is 1. The second-order valence-electron chi connectivity index (χ2n) is 3.92. The molecule has 2 aromatic rings. The van der Waals surface area contributed by atoms with Gasteiger partial charge in [0.15, 0.2) is 0 Å². The van der Waals surface area contributed by atoms with Gasteiger partial charge in [-0.25, -0.2) is 4.98 Å². The third-order valence-electron chi connectivity index (χ3n) is 2.71. The highest BCUT2D eigenvalue weighted by molar-refractivity contribution is 6.34. The van der Waals surface area contributed by atoms with E-state index in [-0.39, 0.29) is 17.7 Å². The fourth-order valence-electron chi connectivity index (χ4n) is 1.72. The normalized spacial score (nSPS) is 11.6. The molecular formula is C14H12ClN3O. The van der Waals surface area contributed by atoms with Gasteiger partial charge in [-0.1, -0.05) is 41.9 Å². The van der Waals surface area contributed by atoms with Crippen molar-refractivity contribution in [2.24, 2.45) is 0 Å². The zero-order valence-electron chi connectivity index (χ0n) is 10.0. The highest BCUT2D eigenvalue weighted by Gasteiger charge is 2.14. The first-order valence-corrected chi connectivity index (χ1v) is 6.11. The fraction of sp³-hybridized carbons (Fsp3) is 0.143. The lowest BCUT2D eigenvalue weighted by atomic mass is 10.1. The van der Waals surface area contributed by atoms with E-state index in [1.807, 2.05) is 36.4 Å². The molecule has 19 heavy (non-hydrogen) atoms. The fourth-order valence-corrected chi connectivity index (χ4v) is 1.92. The minimum Gasteiger partial charge on any atom is -0.394 e. The van der Waals surface area contributed by atoms with Gasteiger partial charge in [0.1, 0.15) is 16.9 Å². The van der Waals surface area contributed by atoms with E-state index in [9.17, 15) is 5.11 Å². The van der Waals surface area contributed by atoms with Crippen molar-refractivity contribution in [3.05, 3.63) is 58.7 Å². The molecule has 0 aliphatic rings. The number of pyridine rings is 1. The summed E-state index contributed by atoms with van der Waals surface area (Å²) in [7, 11) is 0. The van der Waals surface area contributed by atoms with Crippen molar-refractivity contribution in [1.82, 2.24) is 4.98 Å². The first-order chi connectivity index (χ1) is 9.26. The number of halogens is 1. The molecule has 2 rings (SSSR count). The van der Waals surface area contributed by atoms with Gasteiger partial charge in [-0.05, 0) is 11.6 Å². The van der Waals surface area contributed by atoms with Crippen LogP contribution in [0.15, 0.2) is 42.6 Å². The Bertz CT molecular complexity index is 595. The quantitative estimate of drug-likeness (QED) is 0.899. The largest absolute Gasteiger partial charge is 0.394 e. The highest BCUT2D eigenvalue weighted by atomic mass is 35.5. The number of nitrogens with zero attached hydrogens (tertiary/aromatic N) is 2. The average Bonchev–Trinajstić information content (AvgIpc) is 2.47. The predicted molar refractivity (Wildman–Crippen MR) is 73.9 cm³/mol. The summed E-state index contributed by atoms with van der Waals surface area (Å²) in [6.45, 7) is -0.0984. The zero-order valence-corrected chi connectivity index (χ0v) is 10.8. The van der Waals surface area contributed by atoms with Crippen molar-refractivity contribution in [2.45, 2.75) is 6.04 Å². The smallest absolute Gasteiger partial charge is 0.146 e. The van der Waals surface area contributed by atoms with E-state index in [1.165, 1.54) is 6.20 Å². The lowest BCUT2D eigenvalue weighted by Crippen LogP contribution is -2.16. The van der Waals surface area contributed by atoms with Gasteiger partial charge >= 0.3 is 0 Å². The van der Waals surface area contributed by atoms with Gasteiger partial charge in [-0.15, -0.1) is 0 Å². The Morgan fingerprint density at radius 1 is 1.32 bits per heavy atom. The molecule has 0 aliphatic carbocycles. The summed E-state index contributed by atoms with van der Waals surface area (Å²) >= 11 is 6.07. The first-order valence-electron chi connectivity index (χ1n) is 5.73. The molecule has 1 aromatic heterocycles. The van der Waals surface area contributed by atoms with Gasteiger partial charge in [-0.2, -0.15) is 5.26 Å². The molecule has 0 bridgehead atoms. The lowest BCUT2D eigenvalue weighted by Gasteiger charge is -2.18. The summed E-state index contributed by atoms with van der Waals surface area (Å²) in [6.07, 6.45) is 1.51.